The maximum Gasteiger partial charge on any atom is 0.276 e. The highest BCUT2D eigenvalue weighted by Gasteiger charge is 2.26. The van der Waals surface area contributed by atoms with Crippen LogP contribution in [0.15, 0.2) is 22.9 Å². The van der Waals surface area contributed by atoms with Crippen LogP contribution in [0, 0.1) is 0 Å². The van der Waals surface area contributed by atoms with Gasteiger partial charge < -0.3 is 19.1 Å². The lowest BCUT2D eigenvalue weighted by Crippen LogP contribution is -2.49. The van der Waals surface area contributed by atoms with Gasteiger partial charge in [0.2, 0.25) is 11.8 Å². The number of methoxy groups -OCH3 is 1. The Bertz CT molecular complexity index is 782. The van der Waals surface area contributed by atoms with E-state index < -0.39 is 0 Å². The van der Waals surface area contributed by atoms with Crippen molar-refractivity contribution in [1.29, 1.82) is 0 Å². The van der Waals surface area contributed by atoms with Crippen LogP contribution in [-0.2, 0) is 6.54 Å². The summed E-state index contributed by atoms with van der Waals surface area (Å²) in [5.74, 6) is 1.79. The Morgan fingerprint density at radius 1 is 1.21 bits per heavy atom. The van der Waals surface area contributed by atoms with Gasteiger partial charge in [0.25, 0.3) is 5.91 Å². The number of carbonyl (C=O) groups excluding carboxylic acids is 1. The molecule has 0 aliphatic carbocycles. The summed E-state index contributed by atoms with van der Waals surface area (Å²) in [6.07, 6.45) is 3.85. The fraction of sp³-hybridized carbons (Fsp3) is 0.600. The second-order valence-electron chi connectivity index (χ2n) is 7.13. The van der Waals surface area contributed by atoms with E-state index in [9.17, 15) is 4.79 Å². The number of nitrogens with zero attached hydrogens (tertiary/aromatic N) is 6. The molecule has 9 nitrogen and oxygen atoms in total. The Labute approximate surface area is 171 Å². The molecule has 0 N–H and O–H groups in total. The van der Waals surface area contributed by atoms with Crippen LogP contribution in [0.3, 0.4) is 0 Å². The summed E-state index contributed by atoms with van der Waals surface area (Å²) in [6.45, 7) is 9.50. The van der Waals surface area contributed by atoms with Gasteiger partial charge in [0, 0.05) is 44.5 Å². The van der Waals surface area contributed by atoms with E-state index in [0.29, 0.717) is 50.2 Å². The molecule has 1 amide bonds. The largest absolute Gasteiger partial charge is 0.481 e. The molecule has 29 heavy (non-hydrogen) atoms. The van der Waals surface area contributed by atoms with Gasteiger partial charge in [0.05, 0.1) is 13.7 Å². The maximum absolute atomic E-state index is 12.8. The molecule has 9 heteroatoms. The second kappa shape index (κ2) is 10.2. The van der Waals surface area contributed by atoms with Crippen LogP contribution in [0.25, 0.3) is 0 Å². The normalized spacial score (nSPS) is 14.5. The van der Waals surface area contributed by atoms with Crippen LogP contribution < -0.4 is 9.64 Å². The van der Waals surface area contributed by atoms with Crippen molar-refractivity contribution < 1.29 is 14.1 Å². The zero-order valence-electron chi connectivity index (χ0n) is 17.5. The first-order valence-corrected chi connectivity index (χ1v) is 10.2. The maximum atomic E-state index is 12.8. The third kappa shape index (κ3) is 5.44. The monoisotopic (exact) mass is 402 g/mol. The van der Waals surface area contributed by atoms with Crippen molar-refractivity contribution in [3.8, 4) is 5.88 Å². The third-order valence-corrected chi connectivity index (χ3v) is 4.91. The van der Waals surface area contributed by atoms with Gasteiger partial charge in [-0.05, 0) is 25.9 Å². The molecule has 3 rings (SSSR count). The molecule has 158 valence electrons. The lowest BCUT2D eigenvalue weighted by molar-refractivity contribution is 0.0735. The number of hydrogen-bond acceptors (Lipinski definition) is 8. The van der Waals surface area contributed by atoms with Crippen molar-refractivity contribution in [1.82, 2.24) is 24.9 Å². The van der Waals surface area contributed by atoms with E-state index in [4.69, 9.17) is 9.26 Å². The van der Waals surface area contributed by atoms with Gasteiger partial charge in [0.15, 0.2) is 11.5 Å². The summed E-state index contributed by atoms with van der Waals surface area (Å²) in [4.78, 5) is 27.6. The molecule has 1 aliphatic heterocycles. The number of hydrogen-bond donors (Lipinski definition) is 0. The molecule has 3 heterocycles. The lowest BCUT2D eigenvalue weighted by Gasteiger charge is -2.34. The molecule has 1 saturated heterocycles. The third-order valence-electron chi connectivity index (χ3n) is 4.91. The van der Waals surface area contributed by atoms with E-state index in [2.05, 4.69) is 33.9 Å². The van der Waals surface area contributed by atoms with E-state index in [-0.39, 0.29) is 5.91 Å². The van der Waals surface area contributed by atoms with Gasteiger partial charge in [-0.3, -0.25) is 9.69 Å². The minimum Gasteiger partial charge on any atom is -0.481 e. The van der Waals surface area contributed by atoms with Crippen LogP contribution in [-0.4, -0.2) is 77.2 Å². The first-order chi connectivity index (χ1) is 14.1. The van der Waals surface area contributed by atoms with E-state index >= 15 is 0 Å². The Balaban J connectivity index is 1.56. The first kappa shape index (κ1) is 21.0. The summed E-state index contributed by atoms with van der Waals surface area (Å²) in [5, 5.41) is 4.02. The van der Waals surface area contributed by atoms with Gasteiger partial charge in [-0.25, -0.2) is 4.98 Å². The molecule has 0 saturated carbocycles. The van der Waals surface area contributed by atoms with Gasteiger partial charge in [0.1, 0.15) is 0 Å². The lowest BCUT2D eigenvalue weighted by atomic mass is 10.2. The minimum atomic E-state index is -0.0938. The van der Waals surface area contributed by atoms with E-state index in [1.54, 1.807) is 30.3 Å². The molecule has 1 fully saturated rings. The van der Waals surface area contributed by atoms with Crippen molar-refractivity contribution in [2.75, 3.05) is 51.3 Å². The predicted octanol–water partition coefficient (Wildman–Crippen LogP) is 2.06. The number of carbonyl (C=O) groups is 1. The summed E-state index contributed by atoms with van der Waals surface area (Å²) in [5.41, 5.74) is 0.374. The molecule has 0 radical (unpaired) electrons. The quantitative estimate of drug-likeness (QED) is 0.630. The summed E-state index contributed by atoms with van der Waals surface area (Å²) < 4.78 is 10.6. The second-order valence-corrected chi connectivity index (χ2v) is 7.13. The summed E-state index contributed by atoms with van der Waals surface area (Å²) in [7, 11) is 1.58. The van der Waals surface area contributed by atoms with Gasteiger partial charge in [-0.2, -0.15) is 4.98 Å². The average molecular weight is 402 g/mol. The van der Waals surface area contributed by atoms with Crippen LogP contribution in [0.1, 0.15) is 42.9 Å². The number of ether oxygens (including phenoxy) is 1. The molecule has 2 aromatic heterocycles. The summed E-state index contributed by atoms with van der Waals surface area (Å²) >= 11 is 0. The molecule has 0 unspecified atom stereocenters. The zero-order valence-corrected chi connectivity index (χ0v) is 17.5. The Morgan fingerprint density at radius 2 is 1.93 bits per heavy atom. The number of rotatable bonds is 9. The molecule has 1 aliphatic rings. The van der Waals surface area contributed by atoms with Crippen molar-refractivity contribution in [2.45, 2.75) is 33.2 Å². The Morgan fingerprint density at radius 3 is 2.59 bits per heavy atom. The fourth-order valence-electron chi connectivity index (χ4n) is 3.48. The van der Waals surface area contributed by atoms with Crippen molar-refractivity contribution in [2.24, 2.45) is 0 Å². The molecule has 0 aromatic carbocycles. The standard InChI is InChI=1S/C20H30N6O3/c1-4-8-24(9-5-2)15-16-14-17(23-29-16)19(27)25-10-12-26(13-11-25)20-21-7-6-18(22-20)28-3/h6-7,14H,4-5,8-13,15H2,1-3H3. The van der Waals surface area contributed by atoms with Gasteiger partial charge >= 0.3 is 0 Å². The number of piperazine rings is 1. The van der Waals surface area contributed by atoms with Crippen LogP contribution >= 0.6 is 0 Å². The minimum absolute atomic E-state index is 0.0938. The summed E-state index contributed by atoms with van der Waals surface area (Å²) in [6, 6.07) is 3.49. The predicted molar refractivity (Wildman–Crippen MR) is 109 cm³/mol. The average Bonchev–Trinajstić information content (AvgIpc) is 3.22. The number of anilines is 1. The number of aromatic nitrogens is 3. The van der Waals surface area contributed by atoms with Gasteiger partial charge in [-0.15, -0.1) is 0 Å². The van der Waals surface area contributed by atoms with Crippen LogP contribution in [0.4, 0.5) is 5.95 Å². The highest BCUT2D eigenvalue weighted by atomic mass is 16.5. The van der Waals surface area contributed by atoms with Crippen molar-refractivity contribution in [3.63, 3.8) is 0 Å². The zero-order chi connectivity index (χ0) is 20.6. The van der Waals surface area contributed by atoms with Crippen molar-refractivity contribution >= 4 is 11.9 Å². The first-order valence-electron chi connectivity index (χ1n) is 10.2. The highest BCUT2D eigenvalue weighted by molar-refractivity contribution is 5.92. The van der Waals surface area contributed by atoms with Gasteiger partial charge in [-0.1, -0.05) is 19.0 Å². The van der Waals surface area contributed by atoms with Crippen LogP contribution in [0.2, 0.25) is 0 Å². The SMILES string of the molecule is CCCN(CCC)Cc1cc(C(=O)N2CCN(c3nccc(OC)n3)CC2)no1. The Hall–Kier alpha value is -2.68. The van der Waals surface area contributed by atoms with E-state index in [1.165, 1.54) is 0 Å². The topological polar surface area (TPSA) is 87.8 Å². The molecule has 0 bridgehead atoms. The molecule has 0 atom stereocenters. The fourth-order valence-corrected chi connectivity index (χ4v) is 3.48. The smallest absolute Gasteiger partial charge is 0.276 e. The van der Waals surface area contributed by atoms with Crippen LogP contribution in [0.5, 0.6) is 5.88 Å². The van der Waals surface area contributed by atoms with Crippen molar-refractivity contribution in [3.05, 3.63) is 29.8 Å². The molecule has 0 spiro atoms. The van der Waals surface area contributed by atoms with E-state index in [1.807, 2.05) is 4.90 Å². The molecular formula is C20H30N6O3. The highest BCUT2D eigenvalue weighted by Crippen LogP contribution is 2.16. The molecule has 2 aromatic rings. The molecular weight excluding hydrogens is 372 g/mol. The Kier molecular flexibility index (Phi) is 7.40. The van der Waals surface area contributed by atoms with E-state index in [0.717, 1.165) is 31.7 Å². The number of amides is 1.